The lowest BCUT2D eigenvalue weighted by atomic mass is 9.97. The third kappa shape index (κ3) is 5.53. The number of aryl methyl sites for hydroxylation is 2. The smallest absolute Gasteiger partial charge is 0.120 e. The van der Waals surface area contributed by atoms with Crippen molar-refractivity contribution in [2.75, 3.05) is 13.2 Å². The monoisotopic (exact) mass is 361 g/mol. The molecule has 1 aromatic rings. The summed E-state index contributed by atoms with van der Waals surface area (Å²) in [6.07, 6.45) is 3.25. The van der Waals surface area contributed by atoms with E-state index in [9.17, 15) is 5.11 Å². The van der Waals surface area contributed by atoms with Crippen LogP contribution in [0.1, 0.15) is 44.2 Å². The fourth-order valence-electron chi connectivity index (χ4n) is 3.31. The van der Waals surface area contributed by atoms with Gasteiger partial charge in [-0.2, -0.15) is 0 Å². The zero-order valence-corrected chi connectivity index (χ0v) is 16.1. The second kappa shape index (κ2) is 9.12. The van der Waals surface area contributed by atoms with E-state index in [-0.39, 0.29) is 12.4 Å². The van der Waals surface area contributed by atoms with Crippen molar-refractivity contribution in [2.24, 2.45) is 0 Å². The molecular formula is C18H29Cl2NO2. The van der Waals surface area contributed by atoms with Gasteiger partial charge in [-0.1, -0.05) is 18.0 Å². The van der Waals surface area contributed by atoms with Gasteiger partial charge in [0.1, 0.15) is 18.5 Å². The number of rotatable bonds is 5. The van der Waals surface area contributed by atoms with Crippen LogP contribution in [-0.4, -0.2) is 41.3 Å². The fraction of sp³-hybridized carbons (Fsp3) is 0.667. The van der Waals surface area contributed by atoms with Crippen LogP contribution >= 0.6 is 24.0 Å². The molecule has 3 unspecified atom stereocenters. The van der Waals surface area contributed by atoms with Crippen LogP contribution in [0.4, 0.5) is 0 Å². The molecule has 0 saturated carbocycles. The summed E-state index contributed by atoms with van der Waals surface area (Å²) in [5.74, 6) is 0.776. The van der Waals surface area contributed by atoms with E-state index in [1.54, 1.807) is 0 Å². The zero-order chi connectivity index (χ0) is 16.3. The van der Waals surface area contributed by atoms with Crippen LogP contribution in [0.15, 0.2) is 12.1 Å². The second-order valence-electron chi connectivity index (χ2n) is 6.66. The topological polar surface area (TPSA) is 32.7 Å². The Bertz CT molecular complexity index is 477. The number of likely N-dealkylation sites (tertiary alicyclic amines) is 1. The molecule has 0 amide bonds. The maximum atomic E-state index is 10.3. The van der Waals surface area contributed by atoms with Crippen molar-refractivity contribution in [1.29, 1.82) is 0 Å². The molecule has 2 rings (SSSR count). The van der Waals surface area contributed by atoms with Gasteiger partial charge < -0.3 is 9.84 Å². The van der Waals surface area contributed by atoms with Gasteiger partial charge in [0.25, 0.3) is 0 Å². The van der Waals surface area contributed by atoms with Crippen LogP contribution in [-0.2, 0) is 0 Å². The molecule has 0 aromatic heterocycles. The number of benzene rings is 1. The maximum absolute atomic E-state index is 10.3. The van der Waals surface area contributed by atoms with E-state index in [0.29, 0.717) is 25.2 Å². The number of aliphatic hydroxyl groups is 1. The van der Waals surface area contributed by atoms with E-state index in [2.05, 4.69) is 18.7 Å². The number of aliphatic hydroxyl groups excluding tert-OH is 1. The Balaban J connectivity index is 0.00000264. The molecule has 1 N–H and O–H groups in total. The van der Waals surface area contributed by atoms with E-state index in [1.165, 1.54) is 19.3 Å². The summed E-state index contributed by atoms with van der Waals surface area (Å²) in [5, 5.41) is 11.1. The minimum Gasteiger partial charge on any atom is -0.491 e. The molecule has 3 nitrogen and oxygen atoms in total. The van der Waals surface area contributed by atoms with E-state index in [0.717, 1.165) is 21.9 Å². The van der Waals surface area contributed by atoms with Crippen LogP contribution in [0.2, 0.25) is 5.02 Å². The number of hydrogen-bond acceptors (Lipinski definition) is 3. The second-order valence-corrected chi connectivity index (χ2v) is 7.04. The van der Waals surface area contributed by atoms with Crippen molar-refractivity contribution in [3.63, 3.8) is 0 Å². The Morgan fingerprint density at radius 1 is 1.22 bits per heavy atom. The van der Waals surface area contributed by atoms with Crippen LogP contribution < -0.4 is 4.74 Å². The number of piperidine rings is 1. The molecule has 0 spiro atoms. The van der Waals surface area contributed by atoms with Gasteiger partial charge in [-0.15, -0.1) is 12.4 Å². The van der Waals surface area contributed by atoms with Crippen LogP contribution in [0.25, 0.3) is 0 Å². The standard InChI is InChI=1S/C18H28ClNO2.ClH/c1-12-8-17(9-13(2)18(12)19)22-11-16(21)10-20-14(3)6-5-7-15(20)4;/h8-9,14-16,21H,5-7,10-11H2,1-4H3;1H. The van der Waals surface area contributed by atoms with E-state index < -0.39 is 6.10 Å². The highest BCUT2D eigenvalue weighted by Gasteiger charge is 2.26. The maximum Gasteiger partial charge on any atom is 0.120 e. The predicted molar refractivity (Wildman–Crippen MR) is 99.2 cm³/mol. The molecular weight excluding hydrogens is 333 g/mol. The van der Waals surface area contributed by atoms with Gasteiger partial charge in [0, 0.05) is 23.7 Å². The third-order valence-corrected chi connectivity index (χ3v) is 5.25. The Morgan fingerprint density at radius 2 is 1.74 bits per heavy atom. The zero-order valence-electron chi connectivity index (χ0n) is 14.5. The quantitative estimate of drug-likeness (QED) is 0.844. The molecule has 1 aromatic carbocycles. The summed E-state index contributed by atoms with van der Waals surface area (Å²) in [4.78, 5) is 2.40. The van der Waals surface area contributed by atoms with Gasteiger partial charge >= 0.3 is 0 Å². The van der Waals surface area contributed by atoms with Gasteiger partial charge in [0.2, 0.25) is 0 Å². The molecule has 5 heteroatoms. The molecule has 0 aliphatic carbocycles. The van der Waals surface area contributed by atoms with Crippen molar-refractivity contribution < 1.29 is 9.84 Å². The number of hydrogen-bond donors (Lipinski definition) is 1. The normalized spacial score (nSPS) is 23.2. The summed E-state index contributed by atoms with van der Waals surface area (Å²) in [7, 11) is 0. The minimum atomic E-state index is -0.473. The first-order valence-corrected chi connectivity index (χ1v) is 8.59. The number of β-amino-alcohol motifs (C(OH)–C–C–N with tert-alkyl or cyclic N) is 1. The summed E-state index contributed by atoms with van der Waals surface area (Å²) in [5.41, 5.74) is 2.01. The average Bonchev–Trinajstić information content (AvgIpc) is 2.46. The third-order valence-electron chi connectivity index (χ3n) is 4.65. The van der Waals surface area contributed by atoms with E-state index in [1.807, 2.05) is 26.0 Å². The summed E-state index contributed by atoms with van der Waals surface area (Å²) < 4.78 is 5.76. The Labute approximate surface area is 151 Å². The SMILES string of the molecule is Cc1cc(OCC(O)CN2C(C)CCCC2C)cc(C)c1Cl.Cl. The molecule has 0 bridgehead atoms. The first-order valence-electron chi connectivity index (χ1n) is 8.22. The number of nitrogens with zero attached hydrogens (tertiary/aromatic N) is 1. The van der Waals surface area contributed by atoms with Gasteiger partial charge in [-0.25, -0.2) is 0 Å². The lowest BCUT2D eigenvalue weighted by Gasteiger charge is -2.40. The number of ether oxygens (including phenoxy) is 1. The summed E-state index contributed by atoms with van der Waals surface area (Å²) >= 11 is 6.16. The van der Waals surface area contributed by atoms with Crippen molar-refractivity contribution in [3.05, 3.63) is 28.3 Å². The highest BCUT2D eigenvalue weighted by molar-refractivity contribution is 6.32. The number of halogens is 2. The van der Waals surface area contributed by atoms with E-state index >= 15 is 0 Å². The van der Waals surface area contributed by atoms with Gasteiger partial charge in [0.05, 0.1) is 0 Å². The van der Waals surface area contributed by atoms with Crippen LogP contribution in [0, 0.1) is 13.8 Å². The molecule has 0 radical (unpaired) electrons. The summed E-state index contributed by atoms with van der Waals surface area (Å²) in [6, 6.07) is 4.93. The molecule has 3 atom stereocenters. The minimum absolute atomic E-state index is 0. The van der Waals surface area contributed by atoms with Crippen molar-refractivity contribution in [1.82, 2.24) is 4.90 Å². The lowest BCUT2D eigenvalue weighted by molar-refractivity contribution is 0.0208. The first kappa shape index (κ1) is 20.6. The van der Waals surface area contributed by atoms with Crippen molar-refractivity contribution in [3.8, 4) is 5.75 Å². The molecule has 1 heterocycles. The lowest BCUT2D eigenvalue weighted by Crippen LogP contribution is -2.48. The van der Waals surface area contributed by atoms with Crippen LogP contribution in [0.3, 0.4) is 0 Å². The molecule has 1 aliphatic heterocycles. The highest BCUT2D eigenvalue weighted by Crippen LogP contribution is 2.26. The molecule has 1 aliphatic rings. The van der Waals surface area contributed by atoms with Crippen molar-refractivity contribution >= 4 is 24.0 Å². The van der Waals surface area contributed by atoms with Gasteiger partial charge in [0.15, 0.2) is 0 Å². The average molecular weight is 362 g/mol. The molecule has 1 fully saturated rings. The predicted octanol–water partition coefficient (Wildman–Crippen LogP) is 4.38. The Hall–Kier alpha value is -0.480. The Morgan fingerprint density at radius 3 is 2.26 bits per heavy atom. The van der Waals surface area contributed by atoms with Gasteiger partial charge in [-0.05, 0) is 63.8 Å². The van der Waals surface area contributed by atoms with E-state index in [4.69, 9.17) is 16.3 Å². The van der Waals surface area contributed by atoms with Gasteiger partial charge in [-0.3, -0.25) is 4.90 Å². The largest absolute Gasteiger partial charge is 0.491 e. The first-order chi connectivity index (χ1) is 10.4. The molecule has 1 saturated heterocycles. The molecule has 132 valence electrons. The van der Waals surface area contributed by atoms with Crippen molar-refractivity contribution in [2.45, 2.75) is 65.1 Å². The molecule has 23 heavy (non-hydrogen) atoms. The summed E-state index contributed by atoms with van der Waals surface area (Å²) in [6.45, 7) is 9.42. The highest BCUT2D eigenvalue weighted by atomic mass is 35.5. The van der Waals surface area contributed by atoms with Crippen LogP contribution in [0.5, 0.6) is 5.75 Å². The Kier molecular flexibility index (Phi) is 8.15. The fourth-order valence-corrected chi connectivity index (χ4v) is 3.42.